The molecule has 0 saturated heterocycles. The Morgan fingerprint density at radius 3 is 2.24 bits per heavy atom. The highest BCUT2D eigenvalue weighted by atomic mass is 35.5. The molecule has 0 aliphatic carbocycles. The molecule has 0 amide bonds. The molecule has 2 aromatic carbocycles. The molecule has 0 bridgehead atoms. The number of H-pyrrole nitrogens is 1. The van der Waals surface area contributed by atoms with Crippen LogP contribution in [-0.2, 0) is 13.0 Å². The Balaban J connectivity index is 1.80. The summed E-state index contributed by atoms with van der Waals surface area (Å²) in [7, 11) is 0. The van der Waals surface area contributed by atoms with E-state index in [1.54, 1.807) is 0 Å². The zero-order chi connectivity index (χ0) is 17.6. The first-order valence-corrected chi connectivity index (χ1v) is 8.15. The fourth-order valence-corrected chi connectivity index (χ4v) is 2.61. The maximum Gasteiger partial charge on any atom is 0.346 e. The van der Waals surface area contributed by atoms with Crippen LogP contribution in [0.2, 0.25) is 0 Å². The number of nitrogens with zero attached hydrogens (tertiary/aromatic N) is 2. The first-order valence-electron chi connectivity index (χ1n) is 7.71. The Bertz CT molecular complexity index is 939. The molecule has 1 atom stereocenters. The Kier molecular flexibility index (Phi) is 5.30. The molecule has 1 heterocycles. The van der Waals surface area contributed by atoms with Gasteiger partial charge in [-0.1, -0.05) is 72.3 Å². The second-order valence-electron chi connectivity index (χ2n) is 5.41. The van der Waals surface area contributed by atoms with Crippen molar-refractivity contribution in [3.8, 4) is 5.88 Å². The lowest BCUT2D eigenvalue weighted by atomic mass is 10.1. The zero-order valence-corrected chi connectivity index (χ0v) is 14.0. The van der Waals surface area contributed by atoms with Crippen molar-refractivity contribution in [1.82, 2.24) is 14.8 Å². The number of halogens is 1. The van der Waals surface area contributed by atoms with Crippen molar-refractivity contribution >= 4 is 11.6 Å². The maximum absolute atomic E-state index is 12.0. The van der Waals surface area contributed by atoms with Gasteiger partial charge in [0.1, 0.15) is 12.1 Å². The maximum atomic E-state index is 12.0. The van der Waals surface area contributed by atoms with Gasteiger partial charge in [0.05, 0.1) is 0 Å². The predicted octanol–water partition coefficient (Wildman–Crippen LogP) is 2.49. The molecule has 0 saturated carbocycles. The molecule has 3 rings (SSSR count). The summed E-state index contributed by atoms with van der Waals surface area (Å²) in [6.45, 7) is 0.167. The van der Waals surface area contributed by atoms with Gasteiger partial charge in [0.25, 0.3) is 5.88 Å². The van der Waals surface area contributed by atoms with Crippen molar-refractivity contribution in [2.75, 3.05) is 0 Å². The Hall–Kier alpha value is -2.86. The van der Waals surface area contributed by atoms with E-state index in [-0.39, 0.29) is 12.5 Å². The normalized spacial score (nSPS) is 11.9. The highest BCUT2D eigenvalue weighted by Crippen LogP contribution is 2.16. The number of aromatic nitrogens is 3. The third-order valence-electron chi connectivity index (χ3n) is 3.55. The lowest BCUT2D eigenvalue weighted by molar-refractivity contribution is 0.274. The van der Waals surface area contributed by atoms with Gasteiger partial charge in [-0.2, -0.15) is 4.68 Å². The number of hydrogen-bond acceptors (Lipinski definition) is 4. The van der Waals surface area contributed by atoms with Crippen molar-refractivity contribution in [3.63, 3.8) is 0 Å². The summed E-state index contributed by atoms with van der Waals surface area (Å²) in [5, 5.41) is 3.99. The van der Waals surface area contributed by atoms with Gasteiger partial charge < -0.3 is 4.74 Å². The smallest absolute Gasteiger partial charge is 0.346 e. The van der Waals surface area contributed by atoms with Crippen molar-refractivity contribution in [2.24, 2.45) is 0 Å². The van der Waals surface area contributed by atoms with Crippen LogP contribution in [0.3, 0.4) is 0 Å². The summed E-state index contributed by atoms with van der Waals surface area (Å²) in [4.78, 5) is 26.1. The zero-order valence-electron chi connectivity index (χ0n) is 13.3. The van der Waals surface area contributed by atoms with Crippen LogP contribution < -0.4 is 16.0 Å². The number of alkyl halides is 1. The van der Waals surface area contributed by atoms with E-state index in [1.807, 2.05) is 60.7 Å². The molecule has 7 heteroatoms. The lowest BCUT2D eigenvalue weighted by Crippen LogP contribution is -2.35. The molecule has 0 spiro atoms. The fourth-order valence-electron chi connectivity index (χ4n) is 2.30. The van der Waals surface area contributed by atoms with Gasteiger partial charge in [-0.3, -0.25) is 9.78 Å². The minimum atomic E-state index is -0.745. The molecule has 0 aliphatic rings. The number of nitrogens with one attached hydrogen (secondary N) is 1. The molecule has 0 aliphatic heterocycles. The summed E-state index contributed by atoms with van der Waals surface area (Å²) < 4.78 is 6.47. The molecule has 1 unspecified atom stereocenters. The van der Waals surface area contributed by atoms with E-state index in [9.17, 15) is 9.59 Å². The average molecular weight is 358 g/mol. The summed E-state index contributed by atoms with van der Waals surface area (Å²) in [6.07, 6.45) is 0.388. The molecular formula is C18H16ClN3O3. The average Bonchev–Trinajstić information content (AvgIpc) is 2.62. The molecule has 0 fully saturated rings. The van der Waals surface area contributed by atoms with E-state index < -0.39 is 16.8 Å². The SMILES string of the molecule is O=c1[nH]c(=O)n(C(Cl)Cc2ccccc2)nc1OCc1ccccc1. The summed E-state index contributed by atoms with van der Waals surface area (Å²) in [5.74, 6) is -0.192. The Labute approximate surface area is 148 Å². The largest absolute Gasteiger partial charge is 0.468 e. The fraction of sp³-hybridized carbons (Fsp3) is 0.167. The summed E-state index contributed by atoms with van der Waals surface area (Å²) >= 11 is 6.31. The van der Waals surface area contributed by atoms with Gasteiger partial charge in [-0.05, 0) is 11.1 Å². The van der Waals surface area contributed by atoms with Crippen molar-refractivity contribution in [2.45, 2.75) is 18.5 Å². The van der Waals surface area contributed by atoms with Gasteiger partial charge in [-0.15, -0.1) is 5.10 Å². The molecule has 1 aromatic heterocycles. The Morgan fingerprint density at radius 2 is 1.60 bits per heavy atom. The van der Waals surface area contributed by atoms with E-state index in [0.29, 0.717) is 6.42 Å². The second kappa shape index (κ2) is 7.81. The number of ether oxygens (including phenoxy) is 1. The van der Waals surface area contributed by atoms with Crippen LogP contribution in [0.4, 0.5) is 0 Å². The third-order valence-corrected chi connectivity index (χ3v) is 3.89. The van der Waals surface area contributed by atoms with Crippen molar-refractivity contribution in [1.29, 1.82) is 0 Å². The van der Waals surface area contributed by atoms with Crippen LogP contribution in [0.25, 0.3) is 0 Å². The van der Waals surface area contributed by atoms with E-state index in [0.717, 1.165) is 15.8 Å². The lowest BCUT2D eigenvalue weighted by Gasteiger charge is -2.12. The van der Waals surface area contributed by atoms with Crippen LogP contribution >= 0.6 is 11.6 Å². The topological polar surface area (TPSA) is 77.0 Å². The summed E-state index contributed by atoms with van der Waals surface area (Å²) in [5.41, 5.74) is -0.262. The van der Waals surface area contributed by atoms with Crippen LogP contribution in [-0.4, -0.2) is 14.8 Å². The predicted molar refractivity (Wildman–Crippen MR) is 94.9 cm³/mol. The summed E-state index contributed by atoms with van der Waals surface area (Å²) in [6, 6.07) is 18.8. The van der Waals surface area contributed by atoms with E-state index >= 15 is 0 Å². The molecule has 0 radical (unpaired) electrons. The standard InChI is InChI=1S/C18H16ClN3O3/c19-15(11-13-7-3-1-4-8-13)22-18(24)20-16(23)17(21-22)25-12-14-9-5-2-6-10-14/h1-10,15H,11-12H2,(H,20,23,24). The minimum Gasteiger partial charge on any atom is -0.468 e. The van der Waals surface area contributed by atoms with E-state index in [4.69, 9.17) is 16.3 Å². The van der Waals surface area contributed by atoms with Gasteiger partial charge in [0.15, 0.2) is 0 Å². The molecule has 128 valence electrons. The van der Waals surface area contributed by atoms with Crippen molar-refractivity contribution < 1.29 is 4.74 Å². The highest BCUT2D eigenvalue weighted by Gasteiger charge is 2.15. The van der Waals surface area contributed by atoms with Crippen LogP contribution in [0.5, 0.6) is 5.88 Å². The molecule has 25 heavy (non-hydrogen) atoms. The van der Waals surface area contributed by atoms with Crippen LogP contribution in [0.15, 0.2) is 70.3 Å². The molecular weight excluding hydrogens is 342 g/mol. The van der Waals surface area contributed by atoms with Crippen LogP contribution in [0, 0.1) is 0 Å². The first kappa shape index (κ1) is 17.0. The quantitative estimate of drug-likeness (QED) is 0.687. The van der Waals surface area contributed by atoms with Gasteiger partial charge in [-0.25, -0.2) is 4.79 Å². The van der Waals surface area contributed by atoms with Gasteiger partial charge in [0, 0.05) is 6.42 Å². The molecule has 3 aromatic rings. The van der Waals surface area contributed by atoms with Gasteiger partial charge >= 0.3 is 11.2 Å². The number of hydrogen-bond donors (Lipinski definition) is 1. The van der Waals surface area contributed by atoms with Crippen molar-refractivity contribution in [3.05, 3.63) is 92.6 Å². The Morgan fingerprint density at radius 1 is 1.00 bits per heavy atom. The number of aromatic amines is 1. The third kappa shape index (κ3) is 4.36. The number of rotatable bonds is 6. The first-order chi connectivity index (χ1) is 12.1. The second-order valence-corrected chi connectivity index (χ2v) is 5.91. The van der Waals surface area contributed by atoms with E-state index in [2.05, 4.69) is 10.1 Å². The monoisotopic (exact) mass is 357 g/mol. The van der Waals surface area contributed by atoms with Gasteiger partial charge in [0.2, 0.25) is 0 Å². The molecule has 1 N–H and O–H groups in total. The van der Waals surface area contributed by atoms with Crippen LogP contribution in [0.1, 0.15) is 16.6 Å². The highest BCUT2D eigenvalue weighted by molar-refractivity contribution is 6.19. The number of benzene rings is 2. The molecule has 6 nitrogen and oxygen atoms in total. The minimum absolute atomic E-state index is 0.167. The van der Waals surface area contributed by atoms with E-state index in [1.165, 1.54) is 0 Å².